The summed E-state index contributed by atoms with van der Waals surface area (Å²) in [6.07, 6.45) is -0.202. The van der Waals surface area contributed by atoms with Gasteiger partial charge in [-0.05, 0) is 0 Å². The summed E-state index contributed by atoms with van der Waals surface area (Å²) in [4.78, 5) is 28.3. The van der Waals surface area contributed by atoms with Crippen molar-refractivity contribution in [3.8, 4) is 0 Å². The molecule has 2 amide bonds. The Morgan fingerprint density at radius 1 is 1.18 bits per heavy atom. The molecule has 0 N–H and O–H groups in total. The van der Waals surface area contributed by atoms with Crippen molar-refractivity contribution < 1.29 is 14.3 Å². The summed E-state index contributed by atoms with van der Waals surface area (Å²) in [7, 11) is 0. The molecule has 0 aromatic carbocycles. The van der Waals surface area contributed by atoms with Crippen LogP contribution in [0.3, 0.4) is 0 Å². The van der Waals surface area contributed by atoms with Gasteiger partial charge in [0.05, 0.1) is 6.54 Å². The minimum Gasteiger partial charge on any atom is -0.448 e. The molecule has 2 saturated heterocycles. The highest BCUT2D eigenvalue weighted by molar-refractivity contribution is 5.73. The van der Waals surface area contributed by atoms with Crippen LogP contribution in [0.4, 0.5) is 4.79 Å². The average Bonchev–Trinajstić information content (AvgIpc) is 2.73. The smallest absolute Gasteiger partial charge is 0.409 e. The summed E-state index contributed by atoms with van der Waals surface area (Å²) in [5.41, 5.74) is 0. The maximum absolute atomic E-state index is 11.2. The van der Waals surface area contributed by atoms with E-state index in [1.54, 1.807) is 11.8 Å². The lowest BCUT2D eigenvalue weighted by atomic mass is 10.3. The van der Waals surface area contributed by atoms with E-state index in [2.05, 4.69) is 4.90 Å². The molecule has 96 valence electrons. The van der Waals surface area contributed by atoms with Gasteiger partial charge in [-0.15, -0.1) is 0 Å². The van der Waals surface area contributed by atoms with E-state index in [1.807, 2.05) is 4.90 Å². The number of nitrogens with zero attached hydrogens (tertiary/aromatic N) is 3. The third-order valence-electron chi connectivity index (χ3n) is 3.35. The van der Waals surface area contributed by atoms with E-state index in [0.29, 0.717) is 13.2 Å². The molecule has 0 aromatic rings. The average molecular weight is 241 g/mol. The monoisotopic (exact) mass is 241 g/mol. The van der Waals surface area contributed by atoms with Gasteiger partial charge in [-0.2, -0.15) is 0 Å². The molecular formula is C11H19N3O3. The summed E-state index contributed by atoms with van der Waals surface area (Å²) in [5, 5.41) is 0. The number of cyclic esters (lactones) is 1. The van der Waals surface area contributed by atoms with Crippen molar-refractivity contribution >= 4 is 12.0 Å². The molecule has 0 radical (unpaired) electrons. The van der Waals surface area contributed by atoms with Gasteiger partial charge >= 0.3 is 6.09 Å². The molecule has 2 rings (SSSR count). The molecule has 2 heterocycles. The van der Waals surface area contributed by atoms with Crippen LogP contribution in [-0.4, -0.2) is 79.1 Å². The van der Waals surface area contributed by atoms with Crippen molar-refractivity contribution in [3.05, 3.63) is 0 Å². The second-order valence-corrected chi connectivity index (χ2v) is 4.45. The zero-order valence-electron chi connectivity index (χ0n) is 10.2. The van der Waals surface area contributed by atoms with Gasteiger partial charge in [0, 0.05) is 46.2 Å². The maximum Gasteiger partial charge on any atom is 0.409 e. The number of carbonyl (C=O) groups excluding carboxylic acids is 2. The van der Waals surface area contributed by atoms with Crippen molar-refractivity contribution in [2.45, 2.75) is 6.92 Å². The second kappa shape index (κ2) is 5.35. The van der Waals surface area contributed by atoms with Gasteiger partial charge in [0.1, 0.15) is 6.61 Å². The number of ether oxygens (including phenoxy) is 1. The van der Waals surface area contributed by atoms with E-state index in [0.717, 1.165) is 39.3 Å². The van der Waals surface area contributed by atoms with E-state index in [4.69, 9.17) is 4.74 Å². The van der Waals surface area contributed by atoms with Gasteiger partial charge in [0.2, 0.25) is 5.91 Å². The van der Waals surface area contributed by atoms with Crippen LogP contribution < -0.4 is 0 Å². The number of amides is 2. The highest BCUT2D eigenvalue weighted by Gasteiger charge is 2.23. The van der Waals surface area contributed by atoms with Crippen LogP contribution in [0.2, 0.25) is 0 Å². The number of carbonyl (C=O) groups is 2. The molecule has 2 aliphatic heterocycles. The number of rotatable bonds is 3. The van der Waals surface area contributed by atoms with Crippen LogP contribution in [0, 0.1) is 0 Å². The summed E-state index contributed by atoms with van der Waals surface area (Å²) in [6.45, 7) is 7.77. The molecule has 6 heteroatoms. The van der Waals surface area contributed by atoms with Gasteiger partial charge < -0.3 is 14.5 Å². The molecule has 6 nitrogen and oxygen atoms in total. The standard InChI is InChI=1S/C11H19N3O3/c1-10(15)13-5-2-12(3-6-13)4-7-14-8-9-17-11(14)16/h2-9H2,1H3. The SMILES string of the molecule is CC(=O)N1CCN(CCN2CCOC2=O)CC1. The third-order valence-corrected chi connectivity index (χ3v) is 3.35. The molecule has 0 atom stereocenters. The first-order valence-electron chi connectivity index (χ1n) is 6.06. The quantitative estimate of drug-likeness (QED) is 0.675. The lowest BCUT2D eigenvalue weighted by molar-refractivity contribution is -0.130. The highest BCUT2D eigenvalue weighted by Crippen LogP contribution is 2.05. The zero-order chi connectivity index (χ0) is 12.3. The summed E-state index contributed by atoms with van der Waals surface area (Å²) < 4.78 is 4.87. The first-order valence-corrected chi connectivity index (χ1v) is 6.06. The Bertz CT molecular complexity index is 300. The van der Waals surface area contributed by atoms with Gasteiger partial charge in [0.25, 0.3) is 0 Å². The van der Waals surface area contributed by atoms with Gasteiger partial charge in [0.15, 0.2) is 0 Å². The molecule has 0 saturated carbocycles. The summed E-state index contributed by atoms with van der Waals surface area (Å²) >= 11 is 0. The largest absolute Gasteiger partial charge is 0.448 e. The Hall–Kier alpha value is -1.30. The van der Waals surface area contributed by atoms with E-state index in [1.165, 1.54) is 0 Å². The van der Waals surface area contributed by atoms with E-state index in [9.17, 15) is 9.59 Å². The predicted octanol–water partition coefficient (Wildman–Crippen LogP) is -0.397. The van der Waals surface area contributed by atoms with Gasteiger partial charge in [-0.1, -0.05) is 0 Å². The van der Waals surface area contributed by atoms with Crippen LogP contribution >= 0.6 is 0 Å². The number of hydrogen-bond acceptors (Lipinski definition) is 4. The Morgan fingerprint density at radius 3 is 2.41 bits per heavy atom. The lowest BCUT2D eigenvalue weighted by Gasteiger charge is -2.34. The lowest BCUT2D eigenvalue weighted by Crippen LogP contribution is -2.49. The molecular weight excluding hydrogens is 222 g/mol. The molecule has 17 heavy (non-hydrogen) atoms. The fraction of sp³-hybridized carbons (Fsp3) is 0.818. The first-order chi connectivity index (χ1) is 8.16. The summed E-state index contributed by atoms with van der Waals surface area (Å²) in [5.74, 6) is 0.146. The normalized spacial score (nSPS) is 21.8. The molecule has 0 spiro atoms. The highest BCUT2D eigenvalue weighted by atomic mass is 16.6. The van der Waals surface area contributed by atoms with Crippen molar-refractivity contribution in [3.63, 3.8) is 0 Å². The molecule has 0 bridgehead atoms. The van der Waals surface area contributed by atoms with Crippen LogP contribution in [0.25, 0.3) is 0 Å². The Morgan fingerprint density at radius 2 is 1.88 bits per heavy atom. The van der Waals surface area contributed by atoms with Gasteiger partial charge in [-0.3, -0.25) is 9.69 Å². The molecule has 0 aliphatic carbocycles. The number of hydrogen-bond donors (Lipinski definition) is 0. The molecule has 2 aliphatic rings. The Labute approximate surface area is 101 Å². The zero-order valence-corrected chi connectivity index (χ0v) is 10.2. The first kappa shape index (κ1) is 12.2. The Balaban J connectivity index is 1.68. The van der Waals surface area contributed by atoms with Crippen molar-refractivity contribution in [1.29, 1.82) is 0 Å². The minimum atomic E-state index is -0.202. The summed E-state index contributed by atoms with van der Waals surface area (Å²) in [6, 6.07) is 0. The predicted molar refractivity (Wildman–Crippen MR) is 61.6 cm³/mol. The van der Waals surface area contributed by atoms with Crippen LogP contribution in [0.1, 0.15) is 6.92 Å². The Kier molecular flexibility index (Phi) is 3.83. The number of piperazine rings is 1. The van der Waals surface area contributed by atoms with Crippen LogP contribution in [0.5, 0.6) is 0 Å². The fourth-order valence-electron chi connectivity index (χ4n) is 2.18. The van der Waals surface area contributed by atoms with Crippen LogP contribution in [-0.2, 0) is 9.53 Å². The van der Waals surface area contributed by atoms with Crippen LogP contribution in [0.15, 0.2) is 0 Å². The third kappa shape index (κ3) is 3.09. The second-order valence-electron chi connectivity index (χ2n) is 4.45. The topological polar surface area (TPSA) is 53.1 Å². The van der Waals surface area contributed by atoms with Crippen molar-refractivity contribution in [2.24, 2.45) is 0 Å². The maximum atomic E-state index is 11.2. The van der Waals surface area contributed by atoms with Crippen molar-refractivity contribution in [1.82, 2.24) is 14.7 Å². The van der Waals surface area contributed by atoms with Gasteiger partial charge in [-0.25, -0.2) is 4.79 Å². The molecule has 0 unspecified atom stereocenters. The minimum absolute atomic E-state index is 0.146. The molecule has 2 fully saturated rings. The fourth-order valence-corrected chi connectivity index (χ4v) is 2.18. The van der Waals surface area contributed by atoms with E-state index >= 15 is 0 Å². The van der Waals surface area contributed by atoms with E-state index < -0.39 is 0 Å². The van der Waals surface area contributed by atoms with E-state index in [-0.39, 0.29) is 12.0 Å². The molecule has 0 aromatic heterocycles. The van der Waals surface area contributed by atoms with Crippen molar-refractivity contribution in [2.75, 3.05) is 52.4 Å².